The highest BCUT2D eigenvalue weighted by Gasteiger charge is 2.39. The van der Waals surface area contributed by atoms with E-state index in [1.165, 1.54) is 0 Å². The number of hydrogen-bond donors (Lipinski definition) is 0. The monoisotopic (exact) mass is 261 g/mol. The summed E-state index contributed by atoms with van der Waals surface area (Å²) in [5, 5.41) is 0. The average molecular weight is 261 g/mol. The molecule has 1 aromatic carbocycles. The fourth-order valence-electron chi connectivity index (χ4n) is 2.17. The molecule has 0 saturated heterocycles. The van der Waals surface area contributed by atoms with Crippen molar-refractivity contribution in [3.8, 4) is 0 Å². The van der Waals surface area contributed by atoms with Crippen molar-refractivity contribution in [3.63, 3.8) is 0 Å². The first-order valence-corrected chi connectivity index (χ1v) is 6.76. The summed E-state index contributed by atoms with van der Waals surface area (Å²) in [6.45, 7) is 10.4. The van der Waals surface area contributed by atoms with Crippen molar-refractivity contribution < 1.29 is 9.59 Å². The van der Waals surface area contributed by atoms with E-state index < -0.39 is 5.41 Å². The predicted molar refractivity (Wildman–Crippen MR) is 77.2 cm³/mol. The predicted octanol–water partition coefficient (Wildman–Crippen LogP) is 3.07. The van der Waals surface area contributed by atoms with Crippen LogP contribution in [0.1, 0.15) is 43.6 Å². The molecule has 19 heavy (non-hydrogen) atoms. The molecule has 0 atom stereocenters. The minimum atomic E-state index is -1.02. The zero-order valence-electron chi connectivity index (χ0n) is 12.5. The molecule has 0 N–H and O–H groups in total. The summed E-state index contributed by atoms with van der Waals surface area (Å²) < 4.78 is 0. The molecule has 1 aromatic rings. The first kappa shape index (κ1) is 15.4. The minimum Gasteiger partial charge on any atom is -0.342 e. The van der Waals surface area contributed by atoms with Crippen LogP contribution < -0.4 is 0 Å². The molecule has 1 amide bonds. The standard InChI is InChI=1S/C16H23NO2/c1-6-17(7-2)15(19)16(4,5)14(18)13-11-9-8-10-12(13)3/h8-11H,6-7H2,1-5H3. The van der Waals surface area contributed by atoms with Gasteiger partial charge < -0.3 is 4.90 Å². The number of hydrogen-bond acceptors (Lipinski definition) is 2. The molecule has 0 unspecified atom stereocenters. The second-order valence-corrected chi connectivity index (χ2v) is 5.25. The number of rotatable bonds is 5. The van der Waals surface area contributed by atoms with Crippen LogP contribution in [0.25, 0.3) is 0 Å². The summed E-state index contributed by atoms with van der Waals surface area (Å²) in [6, 6.07) is 7.41. The van der Waals surface area contributed by atoms with Crippen LogP contribution in [0.5, 0.6) is 0 Å². The van der Waals surface area contributed by atoms with Crippen LogP contribution in [-0.4, -0.2) is 29.7 Å². The van der Waals surface area contributed by atoms with Gasteiger partial charge in [0.1, 0.15) is 5.41 Å². The Morgan fingerprint density at radius 1 is 1.11 bits per heavy atom. The van der Waals surface area contributed by atoms with Crippen LogP contribution in [0.15, 0.2) is 24.3 Å². The third kappa shape index (κ3) is 3.03. The molecule has 0 aromatic heterocycles. The second-order valence-electron chi connectivity index (χ2n) is 5.25. The van der Waals surface area contributed by atoms with E-state index in [0.29, 0.717) is 18.7 Å². The average Bonchev–Trinajstić information content (AvgIpc) is 2.39. The number of aryl methyl sites for hydroxylation is 1. The Kier molecular flexibility index (Phi) is 4.87. The number of carbonyl (C=O) groups excluding carboxylic acids is 2. The van der Waals surface area contributed by atoms with Gasteiger partial charge in [-0.15, -0.1) is 0 Å². The summed E-state index contributed by atoms with van der Waals surface area (Å²) in [5.74, 6) is -0.215. The van der Waals surface area contributed by atoms with Gasteiger partial charge in [0, 0.05) is 18.7 Å². The topological polar surface area (TPSA) is 37.4 Å². The third-order valence-corrected chi connectivity index (χ3v) is 3.54. The fourth-order valence-corrected chi connectivity index (χ4v) is 2.17. The summed E-state index contributed by atoms with van der Waals surface area (Å²) in [7, 11) is 0. The molecular formula is C16H23NO2. The maximum absolute atomic E-state index is 12.6. The molecule has 3 nitrogen and oxygen atoms in total. The van der Waals surface area contributed by atoms with Gasteiger partial charge in [-0.25, -0.2) is 0 Å². The van der Waals surface area contributed by atoms with Gasteiger partial charge >= 0.3 is 0 Å². The Hall–Kier alpha value is -1.64. The normalized spacial score (nSPS) is 11.2. The third-order valence-electron chi connectivity index (χ3n) is 3.54. The van der Waals surface area contributed by atoms with Gasteiger partial charge in [0.05, 0.1) is 0 Å². The molecule has 0 aliphatic rings. The van der Waals surface area contributed by atoms with E-state index in [-0.39, 0.29) is 11.7 Å². The Balaban J connectivity index is 3.10. The quantitative estimate of drug-likeness (QED) is 0.603. The van der Waals surface area contributed by atoms with Crippen LogP contribution in [-0.2, 0) is 4.79 Å². The van der Waals surface area contributed by atoms with E-state index in [1.54, 1.807) is 24.8 Å². The van der Waals surface area contributed by atoms with Gasteiger partial charge in [-0.2, -0.15) is 0 Å². The summed E-state index contributed by atoms with van der Waals surface area (Å²) in [6.07, 6.45) is 0. The van der Waals surface area contributed by atoms with Gasteiger partial charge in [0.2, 0.25) is 5.91 Å². The lowest BCUT2D eigenvalue weighted by Gasteiger charge is -2.29. The Bertz CT molecular complexity index is 473. The molecule has 0 heterocycles. The summed E-state index contributed by atoms with van der Waals surface area (Å²) >= 11 is 0. The van der Waals surface area contributed by atoms with Crippen LogP contribution in [0.4, 0.5) is 0 Å². The highest BCUT2D eigenvalue weighted by molar-refractivity contribution is 6.13. The van der Waals surface area contributed by atoms with Crippen LogP contribution in [0, 0.1) is 12.3 Å². The van der Waals surface area contributed by atoms with E-state index in [9.17, 15) is 9.59 Å². The van der Waals surface area contributed by atoms with E-state index in [2.05, 4.69) is 0 Å². The molecule has 3 heteroatoms. The highest BCUT2D eigenvalue weighted by Crippen LogP contribution is 2.26. The van der Waals surface area contributed by atoms with Crippen molar-refractivity contribution in [1.29, 1.82) is 0 Å². The molecule has 0 saturated carbocycles. The number of benzene rings is 1. The molecule has 104 valence electrons. The molecule has 0 bridgehead atoms. The number of Topliss-reactive ketones (excluding diaryl/α,β-unsaturated/α-hetero) is 1. The largest absolute Gasteiger partial charge is 0.342 e. The van der Waals surface area contributed by atoms with Crippen molar-refractivity contribution in [1.82, 2.24) is 4.90 Å². The van der Waals surface area contributed by atoms with E-state index in [4.69, 9.17) is 0 Å². The molecule has 0 spiro atoms. The zero-order valence-corrected chi connectivity index (χ0v) is 12.5. The Morgan fingerprint density at radius 3 is 2.11 bits per heavy atom. The zero-order chi connectivity index (χ0) is 14.6. The minimum absolute atomic E-state index is 0.106. The lowest BCUT2D eigenvalue weighted by molar-refractivity contribution is -0.137. The number of carbonyl (C=O) groups is 2. The summed E-state index contributed by atoms with van der Waals surface area (Å²) in [5.41, 5.74) is 0.527. The van der Waals surface area contributed by atoms with Crippen molar-refractivity contribution in [3.05, 3.63) is 35.4 Å². The number of amides is 1. The van der Waals surface area contributed by atoms with Crippen molar-refractivity contribution in [2.45, 2.75) is 34.6 Å². The van der Waals surface area contributed by atoms with Gasteiger partial charge in [-0.3, -0.25) is 9.59 Å². The lowest BCUT2D eigenvalue weighted by atomic mass is 9.81. The van der Waals surface area contributed by atoms with Gasteiger partial charge in [-0.1, -0.05) is 24.3 Å². The molecule has 0 radical (unpaired) electrons. The Labute approximate surface area is 115 Å². The fraction of sp³-hybridized carbons (Fsp3) is 0.500. The maximum atomic E-state index is 12.6. The van der Waals surface area contributed by atoms with Crippen molar-refractivity contribution >= 4 is 11.7 Å². The highest BCUT2D eigenvalue weighted by atomic mass is 16.2. The van der Waals surface area contributed by atoms with E-state index in [1.807, 2.05) is 39.0 Å². The van der Waals surface area contributed by atoms with Crippen molar-refractivity contribution in [2.24, 2.45) is 5.41 Å². The van der Waals surface area contributed by atoms with Gasteiger partial charge in [0.25, 0.3) is 0 Å². The Morgan fingerprint density at radius 2 is 1.63 bits per heavy atom. The van der Waals surface area contributed by atoms with Crippen LogP contribution >= 0.6 is 0 Å². The molecule has 0 aliphatic heterocycles. The maximum Gasteiger partial charge on any atom is 0.236 e. The summed E-state index contributed by atoms with van der Waals surface area (Å²) in [4.78, 5) is 26.8. The first-order valence-electron chi connectivity index (χ1n) is 6.76. The smallest absolute Gasteiger partial charge is 0.236 e. The van der Waals surface area contributed by atoms with E-state index >= 15 is 0 Å². The molecule has 0 fully saturated rings. The SMILES string of the molecule is CCN(CC)C(=O)C(C)(C)C(=O)c1ccccc1C. The van der Waals surface area contributed by atoms with Gasteiger partial charge in [0.15, 0.2) is 5.78 Å². The van der Waals surface area contributed by atoms with E-state index in [0.717, 1.165) is 5.56 Å². The first-order chi connectivity index (χ1) is 8.86. The number of nitrogens with zero attached hydrogens (tertiary/aromatic N) is 1. The van der Waals surface area contributed by atoms with Crippen molar-refractivity contribution in [2.75, 3.05) is 13.1 Å². The van der Waals surface area contributed by atoms with Crippen LogP contribution in [0.3, 0.4) is 0 Å². The lowest BCUT2D eigenvalue weighted by Crippen LogP contribution is -2.45. The number of ketones is 1. The molecule has 1 rings (SSSR count). The van der Waals surface area contributed by atoms with Crippen LogP contribution in [0.2, 0.25) is 0 Å². The second kappa shape index (κ2) is 6.00. The molecule has 0 aliphatic carbocycles. The van der Waals surface area contributed by atoms with Gasteiger partial charge in [-0.05, 0) is 40.2 Å². The molecular weight excluding hydrogens is 238 g/mol.